The van der Waals surface area contributed by atoms with Crippen LogP contribution in [0.4, 0.5) is 5.69 Å². The first kappa shape index (κ1) is 19.1. The molecule has 0 saturated heterocycles. The largest absolute Gasteiger partial charge is 0.462 e. The van der Waals surface area contributed by atoms with Crippen LogP contribution < -0.4 is 10.9 Å². The van der Waals surface area contributed by atoms with E-state index in [0.29, 0.717) is 31.4 Å². The summed E-state index contributed by atoms with van der Waals surface area (Å²) >= 11 is 6.92. The van der Waals surface area contributed by atoms with Gasteiger partial charge in [0.25, 0.3) is 5.56 Å². The fraction of sp³-hybridized carbons (Fsp3) is 0.222. The lowest BCUT2D eigenvalue weighted by atomic mass is 10.2. The Labute approximate surface area is 163 Å². The first-order chi connectivity index (χ1) is 12.9. The van der Waals surface area contributed by atoms with Crippen molar-refractivity contribution < 1.29 is 14.3 Å². The van der Waals surface area contributed by atoms with Gasteiger partial charge in [-0.1, -0.05) is 11.6 Å². The maximum absolute atomic E-state index is 12.8. The number of thiophene rings is 1. The van der Waals surface area contributed by atoms with Crippen LogP contribution in [0.5, 0.6) is 0 Å². The van der Waals surface area contributed by atoms with Crippen molar-refractivity contribution in [1.82, 2.24) is 9.55 Å². The summed E-state index contributed by atoms with van der Waals surface area (Å²) in [6, 6.07) is 6.64. The fourth-order valence-corrected chi connectivity index (χ4v) is 3.71. The second-order valence-electron chi connectivity index (χ2n) is 5.69. The van der Waals surface area contributed by atoms with E-state index in [4.69, 9.17) is 16.3 Å². The molecule has 9 heteroatoms. The molecule has 0 bridgehead atoms. The SMILES string of the molecule is CCOC(=O)c1sc2ncn(CC(=O)Nc3ccc(Cl)cc3)c(=O)c2c1C. The molecule has 0 aliphatic heterocycles. The van der Waals surface area contributed by atoms with Crippen molar-refractivity contribution in [2.45, 2.75) is 20.4 Å². The molecule has 1 aromatic carbocycles. The van der Waals surface area contributed by atoms with Gasteiger partial charge in [0.15, 0.2) is 0 Å². The van der Waals surface area contributed by atoms with Gasteiger partial charge in [0, 0.05) is 10.7 Å². The first-order valence-corrected chi connectivity index (χ1v) is 9.31. The first-order valence-electron chi connectivity index (χ1n) is 8.11. The van der Waals surface area contributed by atoms with Gasteiger partial charge in [0.2, 0.25) is 5.91 Å². The lowest BCUT2D eigenvalue weighted by Gasteiger charge is -2.07. The Kier molecular flexibility index (Phi) is 5.57. The molecule has 0 saturated carbocycles. The number of anilines is 1. The Bertz CT molecular complexity index is 1070. The van der Waals surface area contributed by atoms with Crippen LogP contribution in [0.2, 0.25) is 5.02 Å². The summed E-state index contributed by atoms with van der Waals surface area (Å²) in [4.78, 5) is 42.0. The van der Waals surface area contributed by atoms with Crippen LogP contribution in [-0.2, 0) is 16.1 Å². The van der Waals surface area contributed by atoms with Crippen molar-refractivity contribution in [3.05, 3.63) is 56.4 Å². The van der Waals surface area contributed by atoms with Gasteiger partial charge < -0.3 is 10.1 Å². The minimum absolute atomic E-state index is 0.200. The van der Waals surface area contributed by atoms with Crippen molar-refractivity contribution in [2.24, 2.45) is 0 Å². The standard InChI is InChI=1S/C18H16ClN3O4S/c1-3-26-18(25)15-10(2)14-16(27-15)20-9-22(17(14)24)8-13(23)21-12-6-4-11(19)5-7-12/h4-7,9H,3,8H2,1-2H3,(H,21,23). The Balaban J connectivity index is 1.87. The van der Waals surface area contributed by atoms with Crippen molar-refractivity contribution in [3.63, 3.8) is 0 Å². The third kappa shape index (κ3) is 4.01. The molecule has 0 fully saturated rings. The van der Waals surface area contributed by atoms with Crippen LogP contribution in [0, 0.1) is 6.92 Å². The third-order valence-corrected chi connectivity index (χ3v) is 5.25. The molecule has 0 aliphatic rings. The zero-order chi connectivity index (χ0) is 19.6. The summed E-state index contributed by atoms with van der Waals surface area (Å²) < 4.78 is 6.22. The van der Waals surface area contributed by atoms with Crippen LogP contribution in [0.1, 0.15) is 22.2 Å². The number of rotatable bonds is 5. The molecule has 3 aromatic rings. The second kappa shape index (κ2) is 7.89. The smallest absolute Gasteiger partial charge is 0.348 e. The van der Waals surface area contributed by atoms with Crippen LogP contribution in [0.15, 0.2) is 35.4 Å². The maximum atomic E-state index is 12.8. The van der Waals surface area contributed by atoms with Gasteiger partial charge in [0.1, 0.15) is 16.3 Å². The van der Waals surface area contributed by atoms with E-state index < -0.39 is 5.97 Å². The predicted molar refractivity (Wildman–Crippen MR) is 105 cm³/mol. The van der Waals surface area contributed by atoms with E-state index in [1.165, 1.54) is 10.9 Å². The molecule has 0 radical (unpaired) electrons. The second-order valence-corrected chi connectivity index (χ2v) is 7.13. The number of hydrogen-bond acceptors (Lipinski definition) is 6. The quantitative estimate of drug-likeness (QED) is 0.658. The van der Waals surface area contributed by atoms with E-state index in [0.717, 1.165) is 11.3 Å². The highest BCUT2D eigenvalue weighted by molar-refractivity contribution is 7.20. The molecular formula is C18H16ClN3O4S. The molecular weight excluding hydrogens is 390 g/mol. The minimum Gasteiger partial charge on any atom is -0.462 e. The average molecular weight is 406 g/mol. The third-order valence-electron chi connectivity index (χ3n) is 3.82. The maximum Gasteiger partial charge on any atom is 0.348 e. The van der Waals surface area contributed by atoms with Crippen molar-refractivity contribution >= 4 is 50.7 Å². The number of hydrogen-bond donors (Lipinski definition) is 1. The monoisotopic (exact) mass is 405 g/mol. The Morgan fingerprint density at radius 1 is 1.30 bits per heavy atom. The Hall–Kier alpha value is -2.71. The summed E-state index contributed by atoms with van der Waals surface area (Å²) in [7, 11) is 0. The molecule has 3 rings (SSSR count). The van der Waals surface area contributed by atoms with Gasteiger partial charge in [-0.3, -0.25) is 14.2 Å². The number of nitrogens with one attached hydrogen (secondary N) is 1. The van der Waals surface area contributed by atoms with E-state index in [1.54, 1.807) is 38.1 Å². The van der Waals surface area contributed by atoms with Crippen molar-refractivity contribution in [1.29, 1.82) is 0 Å². The van der Waals surface area contributed by atoms with E-state index in [1.807, 2.05) is 0 Å². The number of benzene rings is 1. The number of nitrogens with zero attached hydrogens (tertiary/aromatic N) is 2. The Morgan fingerprint density at radius 3 is 2.67 bits per heavy atom. The number of carbonyl (C=O) groups is 2. The van der Waals surface area contributed by atoms with Gasteiger partial charge in [-0.05, 0) is 43.7 Å². The van der Waals surface area contributed by atoms with Gasteiger partial charge >= 0.3 is 5.97 Å². The van der Waals surface area contributed by atoms with Crippen LogP contribution in [0.3, 0.4) is 0 Å². The van der Waals surface area contributed by atoms with Crippen molar-refractivity contribution in [2.75, 3.05) is 11.9 Å². The number of carbonyl (C=O) groups excluding carboxylic acids is 2. The number of amides is 1. The summed E-state index contributed by atoms with van der Waals surface area (Å²) in [5.41, 5.74) is 0.705. The Morgan fingerprint density at radius 2 is 2.00 bits per heavy atom. The van der Waals surface area contributed by atoms with E-state index >= 15 is 0 Å². The summed E-state index contributed by atoms with van der Waals surface area (Å²) in [6.45, 7) is 3.43. The number of fused-ring (bicyclic) bond motifs is 1. The minimum atomic E-state index is -0.482. The highest BCUT2D eigenvalue weighted by atomic mass is 35.5. The molecule has 1 N–H and O–H groups in total. The highest BCUT2D eigenvalue weighted by Crippen LogP contribution is 2.27. The number of esters is 1. The molecule has 1 amide bonds. The van der Waals surface area contributed by atoms with E-state index in [2.05, 4.69) is 10.3 Å². The number of halogens is 1. The molecule has 0 atom stereocenters. The predicted octanol–water partition coefficient (Wildman–Crippen LogP) is 3.24. The lowest BCUT2D eigenvalue weighted by molar-refractivity contribution is -0.116. The summed E-state index contributed by atoms with van der Waals surface area (Å²) in [5.74, 6) is -0.858. The molecule has 0 spiro atoms. The molecule has 2 heterocycles. The fourth-order valence-electron chi connectivity index (χ4n) is 2.55. The van der Waals surface area contributed by atoms with Gasteiger partial charge in [-0.2, -0.15) is 0 Å². The summed E-state index contributed by atoms with van der Waals surface area (Å²) in [6.07, 6.45) is 1.30. The lowest BCUT2D eigenvalue weighted by Crippen LogP contribution is -2.27. The average Bonchev–Trinajstić information content (AvgIpc) is 2.97. The highest BCUT2D eigenvalue weighted by Gasteiger charge is 2.20. The van der Waals surface area contributed by atoms with E-state index in [9.17, 15) is 14.4 Å². The number of ether oxygens (including phenoxy) is 1. The van der Waals surface area contributed by atoms with Crippen LogP contribution in [-0.4, -0.2) is 28.0 Å². The zero-order valence-corrected chi connectivity index (χ0v) is 16.2. The molecule has 2 aromatic heterocycles. The number of aromatic nitrogens is 2. The van der Waals surface area contributed by atoms with E-state index in [-0.39, 0.29) is 24.6 Å². The van der Waals surface area contributed by atoms with Crippen LogP contribution in [0.25, 0.3) is 10.2 Å². The normalized spacial score (nSPS) is 10.8. The molecule has 0 unspecified atom stereocenters. The molecule has 7 nitrogen and oxygen atoms in total. The van der Waals surface area contributed by atoms with Crippen LogP contribution >= 0.6 is 22.9 Å². The summed E-state index contributed by atoms with van der Waals surface area (Å²) in [5, 5.41) is 3.57. The topological polar surface area (TPSA) is 90.3 Å². The van der Waals surface area contributed by atoms with Crippen molar-refractivity contribution in [3.8, 4) is 0 Å². The molecule has 27 heavy (non-hydrogen) atoms. The van der Waals surface area contributed by atoms with Gasteiger partial charge in [-0.25, -0.2) is 9.78 Å². The molecule has 140 valence electrons. The molecule has 0 aliphatic carbocycles. The van der Waals surface area contributed by atoms with Gasteiger partial charge in [-0.15, -0.1) is 11.3 Å². The van der Waals surface area contributed by atoms with Gasteiger partial charge in [0.05, 0.1) is 18.3 Å². The number of aryl methyl sites for hydroxylation is 1. The zero-order valence-electron chi connectivity index (χ0n) is 14.6.